The quantitative estimate of drug-likeness (QED) is 0.869. The van der Waals surface area contributed by atoms with Crippen molar-refractivity contribution in [2.45, 2.75) is 25.4 Å². The van der Waals surface area contributed by atoms with Gasteiger partial charge >= 0.3 is 0 Å². The van der Waals surface area contributed by atoms with Crippen molar-refractivity contribution >= 4 is 5.91 Å². The second-order valence-corrected chi connectivity index (χ2v) is 5.45. The van der Waals surface area contributed by atoms with E-state index in [9.17, 15) is 4.79 Å². The summed E-state index contributed by atoms with van der Waals surface area (Å²) in [5.41, 5.74) is 6.85. The van der Waals surface area contributed by atoms with Crippen molar-refractivity contribution in [1.82, 2.24) is 4.90 Å². The van der Waals surface area contributed by atoms with Crippen LogP contribution >= 0.6 is 0 Å². The Morgan fingerprint density at radius 3 is 3.05 bits per heavy atom. The largest absolute Gasteiger partial charge is 0.480 e. The van der Waals surface area contributed by atoms with E-state index >= 15 is 0 Å². The Labute approximate surface area is 113 Å². The van der Waals surface area contributed by atoms with Crippen molar-refractivity contribution < 1.29 is 9.53 Å². The maximum Gasteiger partial charge on any atom is 0.264 e. The highest BCUT2D eigenvalue weighted by Crippen LogP contribution is 2.29. The van der Waals surface area contributed by atoms with Crippen molar-refractivity contribution in [2.24, 2.45) is 11.7 Å². The van der Waals surface area contributed by atoms with Crippen molar-refractivity contribution in [3.63, 3.8) is 0 Å². The van der Waals surface area contributed by atoms with E-state index in [1.165, 1.54) is 0 Å². The van der Waals surface area contributed by atoms with Crippen LogP contribution in [0.4, 0.5) is 0 Å². The molecule has 1 amide bonds. The highest BCUT2D eigenvalue weighted by atomic mass is 16.5. The van der Waals surface area contributed by atoms with E-state index in [1.54, 1.807) is 0 Å². The Kier molecular flexibility index (Phi) is 3.42. The molecule has 19 heavy (non-hydrogen) atoms. The Bertz CT molecular complexity index is 450. The predicted octanol–water partition coefficient (Wildman–Crippen LogP) is 1.19. The van der Waals surface area contributed by atoms with Crippen LogP contribution < -0.4 is 10.5 Å². The van der Waals surface area contributed by atoms with Crippen molar-refractivity contribution in [1.29, 1.82) is 0 Å². The molecule has 2 heterocycles. The molecule has 2 atom stereocenters. The van der Waals surface area contributed by atoms with Crippen LogP contribution in [0.1, 0.15) is 18.4 Å². The number of carbonyl (C=O) groups excluding carboxylic acids is 1. The average molecular weight is 260 g/mol. The molecule has 0 bridgehead atoms. The molecule has 1 aromatic rings. The van der Waals surface area contributed by atoms with Gasteiger partial charge in [-0.15, -0.1) is 0 Å². The van der Waals surface area contributed by atoms with Crippen LogP contribution in [0.15, 0.2) is 24.3 Å². The van der Waals surface area contributed by atoms with E-state index in [0.717, 1.165) is 37.2 Å². The van der Waals surface area contributed by atoms with Gasteiger partial charge in [0, 0.05) is 19.5 Å². The molecule has 3 rings (SSSR count). The summed E-state index contributed by atoms with van der Waals surface area (Å²) < 4.78 is 5.77. The first-order valence-electron chi connectivity index (χ1n) is 7.01. The molecule has 0 saturated carbocycles. The SMILES string of the molecule is NCC1CCCN(C(=O)C2Cc3ccccc3O2)C1. The first-order valence-corrected chi connectivity index (χ1v) is 7.01. The summed E-state index contributed by atoms with van der Waals surface area (Å²) in [4.78, 5) is 14.4. The number of benzene rings is 1. The molecule has 4 heteroatoms. The van der Waals surface area contributed by atoms with Gasteiger partial charge in [0.25, 0.3) is 5.91 Å². The van der Waals surface area contributed by atoms with E-state index < -0.39 is 0 Å². The minimum absolute atomic E-state index is 0.120. The lowest BCUT2D eigenvalue weighted by atomic mass is 9.97. The molecule has 1 fully saturated rings. The van der Waals surface area contributed by atoms with Gasteiger partial charge in [-0.2, -0.15) is 0 Å². The number of carbonyl (C=O) groups is 1. The number of fused-ring (bicyclic) bond motifs is 1. The van der Waals surface area contributed by atoms with E-state index in [4.69, 9.17) is 10.5 Å². The summed E-state index contributed by atoms with van der Waals surface area (Å²) >= 11 is 0. The van der Waals surface area contributed by atoms with Crippen LogP contribution in [0.3, 0.4) is 0 Å². The number of para-hydroxylation sites is 1. The van der Waals surface area contributed by atoms with Crippen LogP contribution in [0.5, 0.6) is 5.75 Å². The van der Waals surface area contributed by atoms with Crippen LogP contribution in [-0.2, 0) is 11.2 Å². The lowest BCUT2D eigenvalue weighted by Gasteiger charge is -2.33. The molecule has 0 radical (unpaired) electrons. The van der Waals surface area contributed by atoms with Gasteiger partial charge in [-0.3, -0.25) is 4.79 Å². The van der Waals surface area contributed by atoms with Crippen LogP contribution in [0.25, 0.3) is 0 Å². The summed E-state index contributed by atoms with van der Waals surface area (Å²) in [5, 5.41) is 0. The molecule has 0 aromatic heterocycles. The summed E-state index contributed by atoms with van der Waals surface area (Å²) in [6.07, 6.45) is 2.53. The van der Waals surface area contributed by atoms with E-state index in [0.29, 0.717) is 18.9 Å². The lowest BCUT2D eigenvalue weighted by Crippen LogP contribution is -2.47. The summed E-state index contributed by atoms with van der Waals surface area (Å²) in [7, 11) is 0. The third kappa shape index (κ3) is 2.45. The summed E-state index contributed by atoms with van der Waals surface area (Å²) in [6, 6.07) is 7.89. The van der Waals surface area contributed by atoms with Crippen LogP contribution in [0.2, 0.25) is 0 Å². The molecule has 2 N–H and O–H groups in total. The number of piperidine rings is 1. The Morgan fingerprint density at radius 1 is 1.42 bits per heavy atom. The first kappa shape index (κ1) is 12.5. The minimum Gasteiger partial charge on any atom is -0.480 e. The highest BCUT2D eigenvalue weighted by Gasteiger charge is 2.34. The molecule has 2 aliphatic rings. The van der Waals surface area contributed by atoms with Gasteiger partial charge in [0.1, 0.15) is 5.75 Å². The van der Waals surface area contributed by atoms with E-state index in [2.05, 4.69) is 0 Å². The smallest absolute Gasteiger partial charge is 0.264 e. The Morgan fingerprint density at radius 2 is 2.26 bits per heavy atom. The number of ether oxygens (including phenoxy) is 1. The van der Waals surface area contributed by atoms with Crippen molar-refractivity contribution in [2.75, 3.05) is 19.6 Å². The van der Waals surface area contributed by atoms with Gasteiger partial charge in [0.15, 0.2) is 6.10 Å². The van der Waals surface area contributed by atoms with Gasteiger partial charge in [-0.25, -0.2) is 0 Å². The average Bonchev–Trinajstić information content (AvgIpc) is 2.90. The fourth-order valence-corrected chi connectivity index (χ4v) is 2.98. The van der Waals surface area contributed by atoms with Crippen LogP contribution in [-0.4, -0.2) is 36.5 Å². The standard InChI is InChI=1S/C15H20N2O2/c16-9-11-4-3-7-17(10-11)15(18)14-8-12-5-1-2-6-13(12)19-14/h1-2,5-6,11,14H,3-4,7-10,16H2. The Hall–Kier alpha value is -1.55. The maximum absolute atomic E-state index is 12.5. The third-order valence-electron chi connectivity index (χ3n) is 4.09. The number of nitrogens with zero attached hydrogens (tertiary/aromatic N) is 1. The van der Waals surface area contributed by atoms with Crippen molar-refractivity contribution in [3.05, 3.63) is 29.8 Å². The number of hydrogen-bond donors (Lipinski definition) is 1. The molecule has 0 aliphatic carbocycles. The molecule has 0 spiro atoms. The number of rotatable bonds is 2. The van der Waals surface area contributed by atoms with Gasteiger partial charge in [0.05, 0.1) is 0 Å². The van der Waals surface area contributed by atoms with Gasteiger partial charge in [-0.05, 0) is 36.9 Å². The number of likely N-dealkylation sites (tertiary alicyclic amines) is 1. The first-order chi connectivity index (χ1) is 9.28. The zero-order valence-corrected chi connectivity index (χ0v) is 11.0. The molecule has 1 saturated heterocycles. The molecule has 4 nitrogen and oxygen atoms in total. The summed E-state index contributed by atoms with van der Waals surface area (Å²) in [5.74, 6) is 1.42. The molecule has 2 unspecified atom stereocenters. The zero-order chi connectivity index (χ0) is 13.2. The molecular formula is C15H20N2O2. The fraction of sp³-hybridized carbons (Fsp3) is 0.533. The van der Waals surface area contributed by atoms with E-state index in [-0.39, 0.29) is 12.0 Å². The van der Waals surface area contributed by atoms with Gasteiger partial charge in [-0.1, -0.05) is 18.2 Å². The Balaban J connectivity index is 1.66. The summed E-state index contributed by atoms with van der Waals surface area (Å²) in [6.45, 7) is 2.28. The number of hydrogen-bond acceptors (Lipinski definition) is 3. The molecular weight excluding hydrogens is 240 g/mol. The maximum atomic E-state index is 12.5. The highest BCUT2D eigenvalue weighted by molar-refractivity contribution is 5.82. The topological polar surface area (TPSA) is 55.6 Å². The van der Waals surface area contributed by atoms with Gasteiger partial charge in [0.2, 0.25) is 0 Å². The monoisotopic (exact) mass is 260 g/mol. The van der Waals surface area contributed by atoms with E-state index in [1.807, 2.05) is 29.2 Å². The number of amides is 1. The number of nitrogens with two attached hydrogens (primary N) is 1. The fourth-order valence-electron chi connectivity index (χ4n) is 2.98. The zero-order valence-electron chi connectivity index (χ0n) is 11.0. The molecule has 1 aromatic carbocycles. The van der Waals surface area contributed by atoms with Crippen molar-refractivity contribution in [3.8, 4) is 5.75 Å². The second-order valence-electron chi connectivity index (χ2n) is 5.45. The van der Waals surface area contributed by atoms with Gasteiger partial charge < -0.3 is 15.4 Å². The molecule has 102 valence electrons. The second kappa shape index (κ2) is 5.21. The normalized spacial score (nSPS) is 25.8. The predicted molar refractivity (Wildman–Crippen MR) is 72.9 cm³/mol. The lowest BCUT2D eigenvalue weighted by molar-refractivity contribution is -0.139. The minimum atomic E-state index is -0.339. The van der Waals surface area contributed by atoms with Crippen LogP contribution in [0, 0.1) is 5.92 Å². The molecule has 2 aliphatic heterocycles. The third-order valence-corrected chi connectivity index (χ3v) is 4.09.